The summed E-state index contributed by atoms with van der Waals surface area (Å²) in [6.45, 7) is 9.38. The monoisotopic (exact) mass is 306 g/mol. The van der Waals surface area contributed by atoms with E-state index in [-0.39, 0.29) is 0 Å². The van der Waals surface area contributed by atoms with Crippen LogP contribution in [0.2, 0.25) is 19.6 Å². The van der Waals surface area contributed by atoms with Crippen molar-refractivity contribution in [3.05, 3.63) is 60.3 Å². The van der Waals surface area contributed by atoms with Crippen molar-refractivity contribution in [1.29, 1.82) is 0 Å². The van der Waals surface area contributed by atoms with Crippen LogP contribution in [0.5, 0.6) is 0 Å². The molecule has 0 saturated carbocycles. The first-order chi connectivity index (χ1) is 10.4. The highest BCUT2D eigenvalue weighted by Crippen LogP contribution is 2.26. The van der Waals surface area contributed by atoms with Crippen molar-refractivity contribution < 1.29 is 4.57 Å². The lowest BCUT2D eigenvalue weighted by atomic mass is 9.99. The number of rotatable bonds is 2. The minimum atomic E-state index is -1.27. The molecule has 1 nitrogen and oxygen atoms in total. The van der Waals surface area contributed by atoms with Crippen LogP contribution in [0.4, 0.5) is 0 Å². The second-order valence-corrected chi connectivity index (χ2v) is 12.3. The molecule has 0 aliphatic heterocycles. The second kappa shape index (κ2) is 5.36. The molecule has 2 aromatic carbocycles. The van der Waals surface area contributed by atoms with E-state index < -0.39 is 8.07 Å². The number of benzene rings is 2. The van der Waals surface area contributed by atoms with E-state index in [0.29, 0.717) is 0 Å². The Hall–Kier alpha value is -1.93. The fraction of sp³-hybridized carbons (Fsp3) is 0.250. The van der Waals surface area contributed by atoms with Gasteiger partial charge in [0.05, 0.1) is 8.07 Å². The Labute approximate surface area is 134 Å². The maximum absolute atomic E-state index is 2.39. The molecule has 0 radical (unpaired) electrons. The first kappa shape index (κ1) is 15.0. The molecule has 0 amide bonds. The largest absolute Gasteiger partial charge is 0.212 e. The van der Waals surface area contributed by atoms with Gasteiger partial charge in [-0.3, -0.25) is 0 Å². The van der Waals surface area contributed by atoms with E-state index >= 15 is 0 Å². The van der Waals surface area contributed by atoms with E-state index in [1.807, 2.05) is 0 Å². The zero-order valence-electron chi connectivity index (χ0n) is 14.1. The van der Waals surface area contributed by atoms with Crippen molar-refractivity contribution in [1.82, 2.24) is 0 Å². The third-order valence-corrected chi connectivity index (χ3v) is 6.40. The van der Waals surface area contributed by atoms with Crippen LogP contribution in [0.15, 0.2) is 54.7 Å². The van der Waals surface area contributed by atoms with Crippen molar-refractivity contribution in [3.8, 4) is 11.3 Å². The van der Waals surface area contributed by atoms with Crippen molar-refractivity contribution in [2.24, 2.45) is 7.05 Å². The lowest BCUT2D eigenvalue weighted by molar-refractivity contribution is -0.659. The first-order valence-corrected chi connectivity index (χ1v) is 11.4. The number of hydrogen-bond acceptors (Lipinski definition) is 0. The quantitative estimate of drug-likeness (QED) is 0.494. The smallest absolute Gasteiger partial charge is 0.201 e. The summed E-state index contributed by atoms with van der Waals surface area (Å²) >= 11 is 0. The van der Waals surface area contributed by atoms with Gasteiger partial charge in [0, 0.05) is 16.8 Å². The molecule has 2 heteroatoms. The SMILES string of the molecule is Cc1cc2ccccc2cc1-c1ccc([Si](C)(C)C)c[n+]1C. The van der Waals surface area contributed by atoms with Crippen molar-refractivity contribution in [2.45, 2.75) is 26.6 Å². The van der Waals surface area contributed by atoms with Gasteiger partial charge in [0.15, 0.2) is 6.20 Å². The van der Waals surface area contributed by atoms with Crippen LogP contribution in [0, 0.1) is 6.92 Å². The van der Waals surface area contributed by atoms with Crippen molar-refractivity contribution >= 4 is 24.0 Å². The summed E-state index contributed by atoms with van der Waals surface area (Å²) in [6.07, 6.45) is 2.32. The summed E-state index contributed by atoms with van der Waals surface area (Å²) in [5.41, 5.74) is 3.93. The molecule has 0 atom stereocenters. The molecule has 1 heterocycles. The highest BCUT2D eigenvalue weighted by molar-refractivity contribution is 6.88. The highest BCUT2D eigenvalue weighted by Gasteiger charge is 2.21. The zero-order chi connectivity index (χ0) is 15.9. The first-order valence-electron chi connectivity index (χ1n) is 7.86. The van der Waals surface area contributed by atoms with Crippen LogP contribution in [-0.2, 0) is 7.05 Å². The Morgan fingerprint density at radius 2 is 1.50 bits per heavy atom. The second-order valence-electron chi connectivity index (χ2n) is 7.18. The number of fused-ring (bicyclic) bond motifs is 1. The van der Waals surface area contributed by atoms with Crippen LogP contribution in [0.3, 0.4) is 0 Å². The van der Waals surface area contributed by atoms with Gasteiger partial charge in [-0.25, -0.2) is 4.57 Å². The molecule has 0 unspecified atom stereocenters. The van der Waals surface area contributed by atoms with Gasteiger partial charge >= 0.3 is 0 Å². The molecule has 3 rings (SSSR count). The maximum atomic E-state index is 2.39. The standard InChI is InChI=1S/C20H24NSi/c1-15-12-16-8-6-7-9-17(16)13-19(15)20-11-10-18(14-21(20)2)22(3,4)5/h6-14H,1-5H3/q+1. The molecule has 1 aromatic heterocycles. The molecule has 3 aromatic rings. The van der Waals surface area contributed by atoms with E-state index in [2.05, 4.69) is 92.9 Å². The fourth-order valence-electron chi connectivity index (χ4n) is 2.96. The number of nitrogens with zero attached hydrogens (tertiary/aromatic N) is 1. The number of pyridine rings is 1. The number of aromatic nitrogens is 1. The minimum Gasteiger partial charge on any atom is -0.201 e. The highest BCUT2D eigenvalue weighted by atomic mass is 28.3. The Morgan fingerprint density at radius 3 is 2.09 bits per heavy atom. The molecule has 22 heavy (non-hydrogen) atoms. The third-order valence-electron chi connectivity index (χ3n) is 4.37. The van der Waals surface area contributed by atoms with Gasteiger partial charge in [-0.15, -0.1) is 0 Å². The predicted octanol–water partition coefficient (Wildman–Crippen LogP) is 4.18. The summed E-state index contributed by atoms with van der Waals surface area (Å²) < 4.78 is 2.28. The minimum absolute atomic E-state index is 1.27. The van der Waals surface area contributed by atoms with Crippen molar-refractivity contribution in [2.75, 3.05) is 0 Å². The molecular weight excluding hydrogens is 282 g/mol. The van der Waals surface area contributed by atoms with Gasteiger partial charge < -0.3 is 0 Å². The molecule has 0 bridgehead atoms. The van der Waals surface area contributed by atoms with Crippen molar-refractivity contribution in [3.63, 3.8) is 0 Å². The van der Waals surface area contributed by atoms with Crippen LogP contribution in [0.1, 0.15) is 5.56 Å². The Balaban J connectivity index is 2.17. The molecule has 0 fully saturated rings. The normalized spacial score (nSPS) is 11.9. The van der Waals surface area contributed by atoms with Gasteiger partial charge in [-0.05, 0) is 29.3 Å². The average molecular weight is 307 g/mol. The molecule has 0 spiro atoms. The van der Waals surface area contributed by atoms with E-state index in [4.69, 9.17) is 0 Å². The maximum Gasteiger partial charge on any atom is 0.212 e. The third kappa shape index (κ3) is 2.71. The average Bonchev–Trinajstić information content (AvgIpc) is 2.46. The Morgan fingerprint density at radius 1 is 0.864 bits per heavy atom. The molecule has 0 aliphatic rings. The fourth-order valence-corrected chi connectivity index (χ4v) is 4.13. The zero-order valence-corrected chi connectivity index (χ0v) is 15.1. The van der Waals surface area contributed by atoms with Gasteiger partial charge in [-0.1, -0.05) is 56.0 Å². The Bertz CT molecular complexity index is 844. The van der Waals surface area contributed by atoms with E-state index in [1.165, 1.54) is 32.8 Å². The summed E-state index contributed by atoms with van der Waals surface area (Å²) in [4.78, 5) is 0. The number of aryl methyl sites for hydroxylation is 2. The van der Waals surface area contributed by atoms with Gasteiger partial charge in [0.1, 0.15) is 7.05 Å². The molecule has 0 N–H and O–H groups in total. The van der Waals surface area contributed by atoms with Gasteiger partial charge in [0.2, 0.25) is 5.69 Å². The summed E-state index contributed by atoms with van der Waals surface area (Å²) in [6, 6.07) is 17.8. The van der Waals surface area contributed by atoms with Gasteiger partial charge in [-0.2, -0.15) is 0 Å². The molecule has 0 saturated heterocycles. The molecular formula is C20H24NSi+. The van der Waals surface area contributed by atoms with Crippen LogP contribution >= 0.6 is 0 Å². The topological polar surface area (TPSA) is 3.88 Å². The van der Waals surface area contributed by atoms with E-state index in [0.717, 1.165) is 0 Å². The molecule has 0 aliphatic carbocycles. The number of hydrogen-bond donors (Lipinski definition) is 0. The summed E-state index contributed by atoms with van der Waals surface area (Å²) in [7, 11) is 0.894. The summed E-state index contributed by atoms with van der Waals surface area (Å²) in [5, 5.41) is 4.11. The molecule has 112 valence electrons. The van der Waals surface area contributed by atoms with E-state index in [9.17, 15) is 0 Å². The summed E-state index contributed by atoms with van der Waals surface area (Å²) in [5.74, 6) is 0. The van der Waals surface area contributed by atoms with E-state index in [1.54, 1.807) is 0 Å². The van der Waals surface area contributed by atoms with Crippen LogP contribution in [0.25, 0.3) is 22.0 Å². The lowest BCUT2D eigenvalue weighted by Gasteiger charge is -2.15. The predicted molar refractivity (Wildman–Crippen MR) is 98.3 cm³/mol. The lowest BCUT2D eigenvalue weighted by Crippen LogP contribution is -2.44. The van der Waals surface area contributed by atoms with Gasteiger partial charge in [0.25, 0.3) is 0 Å². The Kier molecular flexibility index (Phi) is 3.65. The van der Waals surface area contributed by atoms with Crippen LogP contribution in [-0.4, -0.2) is 8.07 Å². The van der Waals surface area contributed by atoms with Crippen LogP contribution < -0.4 is 9.75 Å².